The fourth-order valence-electron chi connectivity index (χ4n) is 3.69. The van der Waals surface area contributed by atoms with E-state index in [1.807, 2.05) is 13.0 Å². The summed E-state index contributed by atoms with van der Waals surface area (Å²) in [5.41, 5.74) is 1.55. The van der Waals surface area contributed by atoms with E-state index in [0.29, 0.717) is 5.56 Å². The molecule has 0 saturated heterocycles. The molecule has 11 heteroatoms. The van der Waals surface area contributed by atoms with E-state index in [2.05, 4.69) is 10.2 Å². The van der Waals surface area contributed by atoms with Crippen LogP contribution < -0.4 is 5.76 Å². The number of nitrogens with zero attached hydrogens (tertiary/aromatic N) is 3. The second-order valence-corrected chi connectivity index (χ2v) is 9.76. The van der Waals surface area contributed by atoms with E-state index < -0.39 is 33.6 Å². The summed E-state index contributed by atoms with van der Waals surface area (Å²) < 4.78 is 47.9. The quantitative estimate of drug-likeness (QED) is 0.575. The van der Waals surface area contributed by atoms with Crippen molar-refractivity contribution in [3.63, 3.8) is 0 Å². The van der Waals surface area contributed by atoms with Gasteiger partial charge in [-0.05, 0) is 54.8 Å². The van der Waals surface area contributed by atoms with Crippen molar-refractivity contribution in [2.45, 2.75) is 37.6 Å². The van der Waals surface area contributed by atoms with Crippen molar-refractivity contribution in [1.29, 1.82) is 5.26 Å². The molecule has 0 spiro atoms. The molecule has 2 aromatic carbocycles. The molecule has 1 N–H and O–H groups in total. The van der Waals surface area contributed by atoms with Crippen LogP contribution in [0, 0.1) is 31.0 Å². The minimum atomic E-state index is -4.31. The van der Waals surface area contributed by atoms with Gasteiger partial charge in [-0.3, -0.25) is 0 Å². The Morgan fingerprint density at radius 2 is 1.97 bits per heavy atom. The number of likely N-dealkylation sites (N-methyl/N-ethyl adjacent to an activating group) is 1. The molecule has 3 rings (SSSR count). The van der Waals surface area contributed by atoms with Gasteiger partial charge >= 0.3 is 5.76 Å². The first-order valence-corrected chi connectivity index (χ1v) is 11.3. The van der Waals surface area contributed by atoms with Gasteiger partial charge in [0.25, 0.3) is 0 Å². The minimum absolute atomic E-state index is 0.155. The number of halogens is 2. The molecule has 1 heterocycles. The minimum Gasteiger partial charge on any atom is -0.391 e. The van der Waals surface area contributed by atoms with E-state index in [9.17, 15) is 22.9 Å². The summed E-state index contributed by atoms with van der Waals surface area (Å²) in [4.78, 5) is 11.3. The molecule has 2 atom stereocenters. The number of hydrogen-bond acceptors (Lipinski definition) is 6. The summed E-state index contributed by atoms with van der Waals surface area (Å²) in [5.74, 6) is -2.45. The second-order valence-electron chi connectivity index (χ2n) is 7.36. The first kappa shape index (κ1) is 23.7. The van der Waals surface area contributed by atoms with E-state index in [4.69, 9.17) is 16.0 Å². The predicted molar refractivity (Wildman–Crippen MR) is 115 cm³/mol. The topological polar surface area (TPSA) is 120 Å². The molecule has 0 radical (unpaired) electrons. The average molecular weight is 479 g/mol. The molecule has 32 heavy (non-hydrogen) atoms. The van der Waals surface area contributed by atoms with Crippen LogP contribution in [-0.2, 0) is 10.0 Å². The number of aryl methyl sites for hydroxylation is 1. The molecule has 0 amide bonds. The van der Waals surface area contributed by atoms with Gasteiger partial charge in [-0.15, -0.1) is 5.10 Å². The van der Waals surface area contributed by atoms with Crippen molar-refractivity contribution in [3.05, 3.63) is 79.9 Å². The highest BCUT2D eigenvalue weighted by Gasteiger charge is 2.39. The highest BCUT2D eigenvalue weighted by molar-refractivity contribution is 7.89. The third-order valence-corrected chi connectivity index (χ3v) is 7.61. The Balaban J connectivity index is 2.21. The number of hydrogen-bond donors (Lipinski definition) is 1. The number of aromatic nitrogens is 2. The van der Waals surface area contributed by atoms with Crippen LogP contribution in [0.15, 0.2) is 44.4 Å². The summed E-state index contributed by atoms with van der Waals surface area (Å²) in [6.07, 6.45) is 0. The number of nitrogens with one attached hydrogen (secondary N) is 1. The van der Waals surface area contributed by atoms with Crippen molar-refractivity contribution < 1.29 is 17.2 Å². The fraction of sp³-hybridized carbons (Fsp3) is 0.286. The highest BCUT2D eigenvalue weighted by Crippen LogP contribution is 2.40. The van der Waals surface area contributed by atoms with Crippen molar-refractivity contribution in [1.82, 2.24) is 14.5 Å². The third kappa shape index (κ3) is 4.19. The van der Waals surface area contributed by atoms with Crippen molar-refractivity contribution in [2.75, 3.05) is 7.05 Å². The van der Waals surface area contributed by atoms with Gasteiger partial charge in [0.2, 0.25) is 15.9 Å². The Morgan fingerprint density at radius 1 is 1.28 bits per heavy atom. The summed E-state index contributed by atoms with van der Waals surface area (Å²) in [5, 5.41) is 15.5. The molecule has 168 valence electrons. The lowest BCUT2D eigenvalue weighted by atomic mass is 9.87. The first-order valence-electron chi connectivity index (χ1n) is 9.47. The average Bonchev–Trinajstić information content (AvgIpc) is 3.16. The van der Waals surface area contributed by atoms with Crippen LogP contribution in [0.4, 0.5) is 4.39 Å². The lowest BCUT2D eigenvalue weighted by molar-refractivity contribution is 0.269. The van der Waals surface area contributed by atoms with Crippen molar-refractivity contribution in [2.24, 2.45) is 0 Å². The maximum Gasteiger partial charge on any atom is 0.434 e. The standard InChI is InChI=1S/C21H20ClFN4O4S/c1-11-5-7-16(23)18(12(11)2)13(3)19(20-25-26-21(28)31-20)27(4)32(29,30)17-8-6-15(22)9-14(17)10-24/h5-9,13,19H,1-4H3,(H,26,28). The zero-order valence-corrected chi connectivity index (χ0v) is 19.3. The zero-order valence-electron chi connectivity index (χ0n) is 17.7. The Hall–Kier alpha value is -3.00. The maximum absolute atomic E-state index is 14.9. The van der Waals surface area contributed by atoms with Gasteiger partial charge in [0.05, 0.1) is 5.56 Å². The summed E-state index contributed by atoms with van der Waals surface area (Å²) in [7, 11) is -3.06. The number of sulfonamides is 1. The Morgan fingerprint density at radius 3 is 2.56 bits per heavy atom. The van der Waals surface area contributed by atoms with Gasteiger partial charge < -0.3 is 4.42 Å². The lowest BCUT2D eigenvalue weighted by Crippen LogP contribution is -2.35. The lowest BCUT2D eigenvalue weighted by Gasteiger charge is -2.31. The first-order chi connectivity index (χ1) is 15.0. The number of aromatic amines is 1. The molecule has 0 saturated carbocycles. The van der Waals surface area contributed by atoms with Crippen LogP contribution in [0.25, 0.3) is 0 Å². The molecule has 0 bridgehead atoms. The van der Waals surface area contributed by atoms with Gasteiger partial charge in [0.1, 0.15) is 22.8 Å². The number of rotatable bonds is 6. The van der Waals surface area contributed by atoms with Crippen LogP contribution in [0.5, 0.6) is 0 Å². The van der Waals surface area contributed by atoms with E-state index in [-0.39, 0.29) is 26.9 Å². The Labute approximate surface area is 189 Å². The van der Waals surface area contributed by atoms with E-state index in [1.165, 1.54) is 31.3 Å². The van der Waals surface area contributed by atoms with Gasteiger partial charge in [0, 0.05) is 18.0 Å². The summed E-state index contributed by atoms with van der Waals surface area (Å²) >= 11 is 5.90. The zero-order chi connectivity index (χ0) is 23.8. The van der Waals surface area contributed by atoms with Crippen LogP contribution in [-0.4, -0.2) is 30.0 Å². The molecule has 8 nitrogen and oxygen atoms in total. The molecule has 0 fully saturated rings. The Kier molecular flexibility index (Phi) is 6.55. The summed E-state index contributed by atoms with van der Waals surface area (Å²) in [6, 6.07) is 7.34. The number of nitriles is 1. The molecular formula is C21H20ClFN4O4S. The number of H-pyrrole nitrogens is 1. The van der Waals surface area contributed by atoms with Crippen molar-refractivity contribution >= 4 is 21.6 Å². The fourth-order valence-corrected chi connectivity index (χ4v) is 5.37. The van der Waals surface area contributed by atoms with Crippen LogP contribution in [0.2, 0.25) is 5.02 Å². The number of benzene rings is 2. The predicted octanol–water partition coefficient (Wildman–Crippen LogP) is 3.81. The molecule has 1 aromatic heterocycles. The molecule has 3 aromatic rings. The smallest absolute Gasteiger partial charge is 0.391 e. The second kappa shape index (κ2) is 8.86. The molecule has 0 aliphatic heterocycles. The largest absolute Gasteiger partial charge is 0.434 e. The van der Waals surface area contributed by atoms with Crippen LogP contribution in [0.3, 0.4) is 0 Å². The van der Waals surface area contributed by atoms with E-state index in [0.717, 1.165) is 9.87 Å². The van der Waals surface area contributed by atoms with Crippen molar-refractivity contribution in [3.8, 4) is 6.07 Å². The Bertz CT molecular complexity index is 1380. The molecule has 0 aliphatic rings. The van der Waals surface area contributed by atoms with E-state index >= 15 is 0 Å². The van der Waals surface area contributed by atoms with Gasteiger partial charge in [0.15, 0.2) is 0 Å². The normalized spacial score (nSPS) is 13.7. The summed E-state index contributed by atoms with van der Waals surface area (Å²) in [6.45, 7) is 5.15. The van der Waals surface area contributed by atoms with Gasteiger partial charge in [-0.1, -0.05) is 24.6 Å². The van der Waals surface area contributed by atoms with Crippen LogP contribution >= 0.6 is 11.6 Å². The van der Waals surface area contributed by atoms with Gasteiger partial charge in [-0.2, -0.15) is 9.57 Å². The SMILES string of the molecule is Cc1ccc(F)c(C(C)C(c2n[nH]c(=O)o2)N(C)S(=O)(=O)c2ccc(Cl)cc2C#N)c1C. The highest BCUT2D eigenvalue weighted by atomic mass is 35.5. The monoisotopic (exact) mass is 478 g/mol. The third-order valence-electron chi connectivity index (χ3n) is 5.48. The maximum atomic E-state index is 14.9. The van der Waals surface area contributed by atoms with Gasteiger partial charge in [-0.25, -0.2) is 22.7 Å². The van der Waals surface area contributed by atoms with Crippen LogP contribution in [0.1, 0.15) is 47.0 Å². The van der Waals surface area contributed by atoms with E-state index in [1.54, 1.807) is 19.9 Å². The molecule has 2 unspecified atom stereocenters. The molecular weight excluding hydrogens is 459 g/mol. The molecule has 0 aliphatic carbocycles.